The first kappa shape index (κ1) is 24.1. The van der Waals surface area contributed by atoms with Crippen LogP contribution in [0, 0.1) is 0 Å². The first-order valence-electron chi connectivity index (χ1n) is 14.1. The van der Waals surface area contributed by atoms with Gasteiger partial charge in [0.15, 0.2) is 0 Å². The molecule has 41 heavy (non-hydrogen) atoms. The van der Waals surface area contributed by atoms with Crippen molar-refractivity contribution in [2.75, 3.05) is 13.1 Å². The molecule has 0 radical (unpaired) electrons. The number of aromatic nitrogens is 7. The number of H-pyrrole nitrogens is 1. The molecule has 0 spiro atoms. The summed E-state index contributed by atoms with van der Waals surface area (Å²) in [6.07, 6.45) is 4.18. The molecule has 0 saturated carbocycles. The van der Waals surface area contributed by atoms with Gasteiger partial charge in [0, 0.05) is 66.5 Å². The predicted molar refractivity (Wildman–Crippen MR) is 159 cm³/mol. The number of piperidine rings is 1. The van der Waals surface area contributed by atoms with Crippen LogP contribution in [0.4, 0.5) is 0 Å². The van der Waals surface area contributed by atoms with Gasteiger partial charge in [0.1, 0.15) is 0 Å². The summed E-state index contributed by atoms with van der Waals surface area (Å²) in [5, 5.41) is 24.7. The zero-order valence-corrected chi connectivity index (χ0v) is 23.1. The fourth-order valence-corrected chi connectivity index (χ4v) is 6.31. The third-order valence-corrected chi connectivity index (χ3v) is 8.43. The molecule has 1 aliphatic heterocycles. The normalized spacial score (nSPS) is 16.4. The molecule has 1 fully saturated rings. The molecular formula is C32H30N8O. The lowest BCUT2D eigenvalue weighted by atomic mass is 9.98. The van der Waals surface area contributed by atoms with Gasteiger partial charge < -0.3 is 8.98 Å². The lowest BCUT2D eigenvalue weighted by molar-refractivity contribution is 0.183. The standard InChI is InChI=1S/C32H30N8O/c1-38-17-24-14-21(9-11-27(24)37-38)30-26-16-22(10-12-28(26)33-34-30)31-35-36-32(41-31)23-7-5-13-40(18-23)19-25-15-20-6-3-4-8-29(20)39(25)2/h3-4,6,8-12,14-17,23H,5,7,13,18-19H2,1-2H3,(H,33,34)/t23-/m1/s1. The Bertz CT molecular complexity index is 2040. The molecule has 7 aromatic rings. The Morgan fingerprint density at radius 3 is 2.78 bits per heavy atom. The minimum Gasteiger partial charge on any atom is -0.420 e. The molecule has 1 N–H and O–H groups in total. The van der Waals surface area contributed by atoms with Crippen LogP contribution in [-0.2, 0) is 20.6 Å². The molecule has 204 valence electrons. The van der Waals surface area contributed by atoms with Crippen molar-refractivity contribution in [2.45, 2.75) is 25.3 Å². The Kier molecular flexibility index (Phi) is 5.53. The zero-order valence-electron chi connectivity index (χ0n) is 23.1. The second kappa shape index (κ2) is 9.42. The molecule has 5 heterocycles. The maximum Gasteiger partial charge on any atom is 0.247 e. The van der Waals surface area contributed by atoms with E-state index in [4.69, 9.17) is 4.42 Å². The number of nitrogens with zero attached hydrogens (tertiary/aromatic N) is 7. The molecule has 8 rings (SSSR count). The Hall–Kier alpha value is -4.76. The lowest BCUT2D eigenvalue weighted by Gasteiger charge is -2.31. The van der Waals surface area contributed by atoms with Crippen molar-refractivity contribution in [3.05, 3.63) is 84.5 Å². The topological polar surface area (TPSA) is 93.6 Å². The van der Waals surface area contributed by atoms with Gasteiger partial charge in [-0.2, -0.15) is 10.2 Å². The first-order valence-corrected chi connectivity index (χ1v) is 14.1. The number of para-hydroxylation sites is 1. The van der Waals surface area contributed by atoms with E-state index in [0.29, 0.717) is 5.89 Å². The van der Waals surface area contributed by atoms with Gasteiger partial charge in [-0.3, -0.25) is 14.7 Å². The van der Waals surface area contributed by atoms with Gasteiger partial charge in [-0.25, -0.2) is 0 Å². The Balaban J connectivity index is 1.04. The predicted octanol–water partition coefficient (Wildman–Crippen LogP) is 6.04. The van der Waals surface area contributed by atoms with Crippen molar-refractivity contribution in [3.63, 3.8) is 0 Å². The number of rotatable bonds is 5. The van der Waals surface area contributed by atoms with E-state index in [1.54, 1.807) is 0 Å². The summed E-state index contributed by atoms with van der Waals surface area (Å²) < 4.78 is 10.5. The maximum absolute atomic E-state index is 6.32. The average Bonchev–Trinajstić information content (AvgIpc) is 3.78. The highest BCUT2D eigenvalue weighted by molar-refractivity contribution is 5.97. The van der Waals surface area contributed by atoms with Crippen LogP contribution in [-0.4, -0.2) is 52.7 Å². The van der Waals surface area contributed by atoms with E-state index in [1.807, 2.05) is 36.1 Å². The van der Waals surface area contributed by atoms with Gasteiger partial charge in [0.2, 0.25) is 11.8 Å². The molecule has 1 atom stereocenters. The Morgan fingerprint density at radius 2 is 1.85 bits per heavy atom. The van der Waals surface area contributed by atoms with Gasteiger partial charge in [0.25, 0.3) is 0 Å². The highest BCUT2D eigenvalue weighted by Crippen LogP contribution is 2.33. The van der Waals surface area contributed by atoms with E-state index in [9.17, 15) is 0 Å². The molecule has 9 nitrogen and oxygen atoms in total. The molecule has 0 amide bonds. The van der Waals surface area contributed by atoms with E-state index in [0.717, 1.165) is 77.0 Å². The summed E-state index contributed by atoms with van der Waals surface area (Å²) >= 11 is 0. The monoisotopic (exact) mass is 542 g/mol. The minimum absolute atomic E-state index is 0.221. The van der Waals surface area contributed by atoms with Crippen LogP contribution in [0.5, 0.6) is 0 Å². The molecular weight excluding hydrogens is 512 g/mol. The summed E-state index contributed by atoms with van der Waals surface area (Å²) in [6, 6.07) is 23.2. The molecule has 3 aromatic carbocycles. The SMILES string of the molecule is Cn1cc2cc(-c3n[nH]c4ccc(-c5nnc([C@@H]6CCCN(Cc7cc8ccccc8n7C)C6)o5)cc34)ccc2n1. The van der Waals surface area contributed by atoms with Crippen molar-refractivity contribution >= 4 is 32.7 Å². The summed E-state index contributed by atoms with van der Waals surface area (Å²) in [5.41, 5.74) is 7.35. The molecule has 0 bridgehead atoms. The highest BCUT2D eigenvalue weighted by Gasteiger charge is 2.27. The number of fused-ring (bicyclic) bond motifs is 3. The summed E-state index contributed by atoms with van der Waals surface area (Å²) in [4.78, 5) is 2.51. The Morgan fingerprint density at radius 1 is 0.951 bits per heavy atom. The summed E-state index contributed by atoms with van der Waals surface area (Å²) in [5.74, 6) is 1.48. The number of hydrogen-bond acceptors (Lipinski definition) is 6. The van der Waals surface area contributed by atoms with Gasteiger partial charge >= 0.3 is 0 Å². The molecule has 1 aliphatic rings. The van der Waals surface area contributed by atoms with E-state index >= 15 is 0 Å². The highest BCUT2D eigenvalue weighted by atomic mass is 16.4. The molecule has 0 unspecified atom stereocenters. The number of nitrogens with one attached hydrogen (secondary N) is 1. The van der Waals surface area contributed by atoms with Gasteiger partial charge in [0.05, 0.1) is 22.6 Å². The van der Waals surface area contributed by atoms with Crippen LogP contribution >= 0.6 is 0 Å². The average molecular weight is 543 g/mol. The minimum atomic E-state index is 0.221. The second-order valence-electron chi connectivity index (χ2n) is 11.2. The molecule has 4 aromatic heterocycles. The second-order valence-corrected chi connectivity index (χ2v) is 11.2. The smallest absolute Gasteiger partial charge is 0.247 e. The summed E-state index contributed by atoms with van der Waals surface area (Å²) in [6.45, 7) is 2.89. The number of hydrogen-bond donors (Lipinski definition) is 1. The molecule has 1 saturated heterocycles. The fourth-order valence-electron chi connectivity index (χ4n) is 6.31. The van der Waals surface area contributed by atoms with Crippen LogP contribution in [0.3, 0.4) is 0 Å². The van der Waals surface area contributed by atoms with Crippen molar-refractivity contribution in [1.29, 1.82) is 0 Å². The maximum atomic E-state index is 6.32. The van der Waals surface area contributed by atoms with E-state index in [1.165, 1.54) is 16.6 Å². The van der Waals surface area contributed by atoms with Crippen LogP contribution in [0.2, 0.25) is 0 Å². The third kappa shape index (κ3) is 4.20. The van der Waals surface area contributed by atoms with Gasteiger partial charge in [-0.05, 0) is 67.2 Å². The third-order valence-electron chi connectivity index (χ3n) is 8.43. The van der Waals surface area contributed by atoms with Gasteiger partial charge in [-0.15, -0.1) is 10.2 Å². The van der Waals surface area contributed by atoms with Gasteiger partial charge in [-0.1, -0.05) is 24.3 Å². The van der Waals surface area contributed by atoms with E-state index < -0.39 is 0 Å². The van der Waals surface area contributed by atoms with Crippen molar-refractivity contribution in [3.8, 4) is 22.7 Å². The van der Waals surface area contributed by atoms with Crippen molar-refractivity contribution in [1.82, 2.24) is 39.6 Å². The van der Waals surface area contributed by atoms with Crippen LogP contribution in [0.15, 0.2) is 77.3 Å². The first-order chi connectivity index (χ1) is 20.1. The number of likely N-dealkylation sites (tertiary alicyclic amines) is 1. The fraction of sp³-hybridized carbons (Fsp3) is 0.250. The Labute approximate surface area is 236 Å². The van der Waals surface area contributed by atoms with Crippen molar-refractivity contribution in [2.24, 2.45) is 14.1 Å². The van der Waals surface area contributed by atoms with Crippen molar-refractivity contribution < 1.29 is 4.42 Å². The summed E-state index contributed by atoms with van der Waals surface area (Å²) in [7, 11) is 4.09. The van der Waals surface area contributed by atoms with Crippen LogP contribution in [0.25, 0.3) is 55.4 Å². The number of aryl methyl sites for hydroxylation is 2. The number of aromatic amines is 1. The lowest BCUT2D eigenvalue weighted by Crippen LogP contribution is -2.34. The van der Waals surface area contributed by atoms with E-state index in [-0.39, 0.29) is 5.92 Å². The largest absolute Gasteiger partial charge is 0.420 e. The molecule has 9 heteroatoms. The quantitative estimate of drug-likeness (QED) is 0.285. The van der Waals surface area contributed by atoms with E-state index in [2.05, 4.69) is 90.5 Å². The van der Waals surface area contributed by atoms with Crippen LogP contribution < -0.4 is 0 Å². The van der Waals surface area contributed by atoms with Crippen LogP contribution in [0.1, 0.15) is 30.3 Å². The zero-order chi connectivity index (χ0) is 27.5. The number of benzene rings is 3. The molecule has 0 aliphatic carbocycles.